The monoisotopic (exact) mass is 432 g/mol. The van der Waals surface area contributed by atoms with Crippen molar-refractivity contribution in [3.8, 4) is 5.75 Å². The number of hydrogen-bond donors (Lipinski definition) is 0. The van der Waals surface area contributed by atoms with Crippen LogP contribution in [0.25, 0.3) is 0 Å². The maximum absolute atomic E-state index is 13.2. The fourth-order valence-corrected chi connectivity index (χ4v) is 5.33. The molecule has 0 amide bonds. The van der Waals surface area contributed by atoms with Crippen molar-refractivity contribution in [3.05, 3.63) is 59.2 Å². The molecule has 0 N–H and O–H groups in total. The molecule has 0 atom stereocenters. The molecule has 0 radical (unpaired) electrons. The molecule has 8 heteroatoms. The highest BCUT2D eigenvalue weighted by Crippen LogP contribution is 2.23. The van der Waals surface area contributed by atoms with Gasteiger partial charge >= 0.3 is 5.97 Å². The van der Waals surface area contributed by atoms with Crippen LogP contribution in [0.4, 0.5) is 0 Å². The van der Waals surface area contributed by atoms with E-state index in [-0.39, 0.29) is 4.90 Å². The Morgan fingerprint density at radius 1 is 1.00 bits per heavy atom. The summed E-state index contributed by atoms with van der Waals surface area (Å²) in [6, 6.07) is 12.5. The number of rotatable bonds is 6. The van der Waals surface area contributed by atoms with E-state index in [1.807, 2.05) is 24.3 Å². The topological polar surface area (TPSA) is 76.2 Å². The Labute approximate surface area is 178 Å². The zero-order chi connectivity index (χ0) is 21.7. The van der Waals surface area contributed by atoms with Crippen molar-refractivity contribution in [1.82, 2.24) is 9.21 Å². The van der Waals surface area contributed by atoms with Gasteiger partial charge in [0.25, 0.3) is 0 Å². The van der Waals surface area contributed by atoms with E-state index in [2.05, 4.69) is 4.90 Å². The second-order valence-electron chi connectivity index (χ2n) is 7.35. The molecule has 0 aromatic heterocycles. The van der Waals surface area contributed by atoms with E-state index in [4.69, 9.17) is 9.47 Å². The average molecular weight is 433 g/mol. The first-order chi connectivity index (χ1) is 14.3. The van der Waals surface area contributed by atoms with Crippen molar-refractivity contribution in [2.24, 2.45) is 0 Å². The summed E-state index contributed by atoms with van der Waals surface area (Å²) in [5.41, 5.74) is 2.05. The number of hydrogen-bond acceptors (Lipinski definition) is 6. The third kappa shape index (κ3) is 5.00. The van der Waals surface area contributed by atoms with Crippen LogP contribution in [-0.4, -0.2) is 64.0 Å². The van der Waals surface area contributed by atoms with Gasteiger partial charge in [-0.1, -0.05) is 12.1 Å². The number of ether oxygens (including phenoxy) is 2. The van der Waals surface area contributed by atoms with E-state index in [0.717, 1.165) is 25.3 Å². The minimum Gasteiger partial charge on any atom is -0.497 e. The number of nitrogens with zero attached hydrogens (tertiary/aromatic N) is 2. The van der Waals surface area contributed by atoms with Gasteiger partial charge in [-0.05, 0) is 61.3 Å². The minimum atomic E-state index is -3.63. The zero-order valence-electron chi connectivity index (χ0n) is 17.6. The van der Waals surface area contributed by atoms with Crippen LogP contribution in [0, 0.1) is 6.92 Å². The average Bonchev–Trinajstić information content (AvgIpc) is 2.99. The molecule has 1 fully saturated rings. The van der Waals surface area contributed by atoms with Crippen molar-refractivity contribution in [3.63, 3.8) is 0 Å². The summed E-state index contributed by atoms with van der Waals surface area (Å²) in [6.07, 6.45) is 0.759. The van der Waals surface area contributed by atoms with Gasteiger partial charge in [-0.25, -0.2) is 13.2 Å². The summed E-state index contributed by atoms with van der Waals surface area (Å²) >= 11 is 0. The number of methoxy groups -OCH3 is 2. The Morgan fingerprint density at radius 2 is 1.73 bits per heavy atom. The van der Waals surface area contributed by atoms with E-state index in [1.165, 1.54) is 24.8 Å². The van der Waals surface area contributed by atoms with Crippen molar-refractivity contribution < 1.29 is 22.7 Å². The highest BCUT2D eigenvalue weighted by molar-refractivity contribution is 7.89. The molecule has 0 bridgehead atoms. The lowest BCUT2D eigenvalue weighted by atomic mass is 10.1. The molecule has 162 valence electrons. The largest absolute Gasteiger partial charge is 0.497 e. The van der Waals surface area contributed by atoms with Crippen molar-refractivity contribution in [2.45, 2.75) is 24.8 Å². The Morgan fingerprint density at radius 3 is 2.37 bits per heavy atom. The minimum absolute atomic E-state index is 0.235. The van der Waals surface area contributed by atoms with Crippen molar-refractivity contribution in [2.75, 3.05) is 40.4 Å². The Hall–Kier alpha value is -2.42. The van der Waals surface area contributed by atoms with Crippen LogP contribution in [0.5, 0.6) is 5.75 Å². The number of carbonyl (C=O) groups is 1. The molecule has 1 aliphatic rings. The van der Waals surface area contributed by atoms with Gasteiger partial charge in [-0.15, -0.1) is 0 Å². The molecule has 3 rings (SSSR count). The smallest absolute Gasteiger partial charge is 0.337 e. The van der Waals surface area contributed by atoms with Crippen LogP contribution in [0.3, 0.4) is 0 Å². The Balaban J connectivity index is 1.69. The molecule has 7 nitrogen and oxygen atoms in total. The maximum atomic E-state index is 13.2. The molecular formula is C22H28N2O5S. The fourth-order valence-electron chi connectivity index (χ4n) is 3.66. The molecule has 2 aromatic carbocycles. The predicted molar refractivity (Wildman–Crippen MR) is 114 cm³/mol. The SMILES string of the molecule is COC(=O)c1ccc(S(=O)(=O)N2CCCN(Cc3ccc(OC)cc3)CC2)c(C)c1. The van der Waals surface area contributed by atoms with Gasteiger partial charge in [-0.3, -0.25) is 4.90 Å². The summed E-state index contributed by atoms with van der Waals surface area (Å²) in [5, 5.41) is 0. The van der Waals surface area contributed by atoms with Gasteiger partial charge < -0.3 is 9.47 Å². The predicted octanol–water partition coefficient (Wildman–Crippen LogP) is 2.69. The number of carbonyl (C=O) groups excluding carboxylic acids is 1. The first kappa shape index (κ1) is 22.3. The van der Waals surface area contributed by atoms with Crippen LogP contribution in [0.15, 0.2) is 47.4 Å². The van der Waals surface area contributed by atoms with E-state index < -0.39 is 16.0 Å². The van der Waals surface area contributed by atoms with E-state index in [1.54, 1.807) is 24.4 Å². The normalized spacial score (nSPS) is 16.1. The lowest BCUT2D eigenvalue weighted by molar-refractivity contribution is 0.0600. The summed E-state index contributed by atoms with van der Waals surface area (Å²) in [6.45, 7) is 4.86. The van der Waals surface area contributed by atoms with Gasteiger partial charge in [0.2, 0.25) is 10.0 Å². The lowest BCUT2D eigenvalue weighted by Crippen LogP contribution is -2.35. The molecule has 0 aliphatic carbocycles. The van der Waals surface area contributed by atoms with Crippen LogP contribution in [0.2, 0.25) is 0 Å². The maximum Gasteiger partial charge on any atom is 0.337 e. The van der Waals surface area contributed by atoms with Crippen LogP contribution in [0.1, 0.15) is 27.9 Å². The molecule has 0 spiro atoms. The van der Waals surface area contributed by atoms with E-state index in [9.17, 15) is 13.2 Å². The molecule has 0 unspecified atom stereocenters. The number of esters is 1. The standard InChI is InChI=1S/C22H28N2O5S/c1-17-15-19(22(25)29-3)7-10-21(17)30(26,27)24-12-4-11-23(13-14-24)16-18-5-8-20(28-2)9-6-18/h5-10,15H,4,11-14,16H2,1-3H3. The summed E-state index contributed by atoms with van der Waals surface area (Å²) in [4.78, 5) is 14.2. The third-order valence-corrected chi connectivity index (χ3v) is 7.39. The molecule has 0 saturated carbocycles. The first-order valence-electron chi connectivity index (χ1n) is 9.89. The van der Waals surface area contributed by atoms with E-state index >= 15 is 0 Å². The van der Waals surface area contributed by atoms with Crippen molar-refractivity contribution >= 4 is 16.0 Å². The van der Waals surface area contributed by atoms with Crippen LogP contribution in [-0.2, 0) is 21.3 Å². The van der Waals surface area contributed by atoms with Crippen molar-refractivity contribution in [1.29, 1.82) is 0 Å². The second kappa shape index (κ2) is 9.59. The molecular weight excluding hydrogens is 404 g/mol. The second-order valence-corrected chi connectivity index (χ2v) is 9.26. The summed E-state index contributed by atoms with van der Waals surface area (Å²) < 4.78 is 37.9. The molecule has 1 heterocycles. The molecule has 30 heavy (non-hydrogen) atoms. The third-order valence-electron chi connectivity index (χ3n) is 5.33. The summed E-state index contributed by atoms with van der Waals surface area (Å²) in [5.74, 6) is 0.339. The molecule has 1 aliphatic heterocycles. The van der Waals surface area contributed by atoms with Gasteiger partial charge in [0.1, 0.15) is 5.75 Å². The quantitative estimate of drug-likeness (QED) is 0.654. The highest BCUT2D eigenvalue weighted by Gasteiger charge is 2.28. The number of sulfonamides is 1. The Kier molecular flexibility index (Phi) is 7.12. The van der Waals surface area contributed by atoms with Crippen LogP contribution < -0.4 is 4.74 Å². The molecule has 2 aromatic rings. The van der Waals surface area contributed by atoms with Gasteiger partial charge in [0.15, 0.2) is 0 Å². The zero-order valence-corrected chi connectivity index (χ0v) is 18.4. The Bertz CT molecular complexity index is 989. The van der Waals surface area contributed by atoms with E-state index in [0.29, 0.717) is 30.8 Å². The lowest BCUT2D eigenvalue weighted by Gasteiger charge is -2.22. The molecule has 1 saturated heterocycles. The highest BCUT2D eigenvalue weighted by atomic mass is 32.2. The number of aryl methyl sites for hydroxylation is 1. The summed E-state index contributed by atoms with van der Waals surface area (Å²) in [7, 11) is -0.687. The van der Waals surface area contributed by atoms with Crippen LogP contribution >= 0.6 is 0 Å². The van der Waals surface area contributed by atoms with Gasteiger partial charge in [-0.2, -0.15) is 4.31 Å². The van der Waals surface area contributed by atoms with Gasteiger partial charge in [0, 0.05) is 26.2 Å². The first-order valence-corrected chi connectivity index (χ1v) is 11.3. The van der Waals surface area contributed by atoms with Gasteiger partial charge in [0.05, 0.1) is 24.7 Å². The number of benzene rings is 2. The fraction of sp³-hybridized carbons (Fsp3) is 0.409.